The van der Waals surface area contributed by atoms with Crippen LogP contribution in [0.15, 0.2) is 30.5 Å². The molecular weight excluding hydrogens is 372 g/mol. The molecule has 0 radical (unpaired) electrons. The van der Waals surface area contributed by atoms with Gasteiger partial charge in [0, 0.05) is 13.0 Å². The molecule has 2 N–H and O–H groups in total. The van der Waals surface area contributed by atoms with Crippen LogP contribution in [-0.2, 0) is 12.6 Å². The van der Waals surface area contributed by atoms with Crippen molar-refractivity contribution < 1.29 is 17.6 Å². The highest BCUT2D eigenvalue weighted by atomic mass is 19.4. The highest BCUT2D eigenvalue weighted by Gasteiger charge is 2.33. The van der Waals surface area contributed by atoms with Crippen molar-refractivity contribution in [2.24, 2.45) is 5.92 Å². The van der Waals surface area contributed by atoms with Gasteiger partial charge in [-0.25, -0.2) is 14.4 Å². The van der Waals surface area contributed by atoms with E-state index in [4.69, 9.17) is 5.73 Å². The molecule has 154 valence electrons. The van der Waals surface area contributed by atoms with Crippen molar-refractivity contribution in [2.45, 2.75) is 38.8 Å². The average Bonchev–Trinajstić information content (AvgIpc) is 2.65. The summed E-state index contributed by atoms with van der Waals surface area (Å²) >= 11 is 0. The first-order valence-corrected chi connectivity index (χ1v) is 9.30. The molecule has 2 heterocycles. The topological polar surface area (TPSA) is 55.0 Å². The second kappa shape index (κ2) is 9.82. The van der Waals surface area contributed by atoms with E-state index >= 15 is 0 Å². The van der Waals surface area contributed by atoms with Crippen molar-refractivity contribution in [1.82, 2.24) is 14.9 Å². The SMILES string of the molecule is CCC1CCCN(C)C1.Nc1ncc(C(F)(F)F)nc1Cc1ccc(F)cc1. The molecule has 28 heavy (non-hydrogen) atoms. The molecule has 1 unspecified atom stereocenters. The highest BCUT2D eigenvalue weighted by Crippen LogP contribution is 2.28. The zero-order valence-electron chi connectivity index (χ0n) is 16.1. The first-order valence-electron chi connectivity index (χ1n) is 9.30. The first kappa shape index (κ1) is 22.1. The fourth-order valence-electron chi connectivity index (χ4n) is 3.11. The number of nitrogens with zero attached hydrogens (tertiary/aromatic N) is 3. The minimum atomic E-state index is -4.57. The summed E-state index contributed by atoms with van der Waals surface area (Å²) in [5.74, 6) is 0.493. The van der Waals surface area contributed by atoms with E-state index in [1.165, 1.54) is 56.6 Å². The number of benzene rings is 1. The van der Waals surface area contributed by atoms with Crippen LogP contribution < -0.4 is 5.73 Å². The van der Waals surface area contributed by atoms with E-state index in [0.29, 0.717) is 11.8 Å². The molecule has 1 aliphatic rings. The molecule has 0 spiro atoms. The van der Waals surface area contributed by atoms with Gasteiger partial charge in [0.2, 0.25) is 0 Å². The molecule has 1 aliphatic heterocycles. The number of nitrogens with two attached hydrogens (primary N) is 1. The largest absolute Gasteiger partial charge is 0.434 e. The van der Waals surface area contributed by atoms with Gasteiger partial charge in [-0.3, -0.25) is 0 Å². The predicted molar refractivity (Wildman–Crippen MR) is 101 cm³/mol. The van der Waals surface area contributed by atoms with Gasteiger partial charge in [-0.05, 0) is 50.0 Å². The standard InChI is InChI=1S/C12H9F4N3.C8H17N/c13-8-3-1-7(2-4-8)5-9-11(17)18-6-10(19-9)12(14,15)16;1-3-8-5-4-6-9(2)7-8/h1-4,6H,5H2,(H2,17,18);8H,3-7H2,1-2H3. The van der Waals surface area contributed by atoms with Gasteiger partial charge < -0.3 is 10.6 Å². The van der Waals surface area contributed by atoms with Crippen LogP contribution in [0.25, 0.3) is 0 Å². The summed E-state index contributed by atoms with van der Waals surface area (Å²) < 4.78 is 50.2. The molecule has 1 aromatic carbocycles. The highest BCUT2D eigenvalue weighted by molar-refractivity contribution is 5.38. The van der Waals surface area contributed by atoms with Crippen LogP contribution in [-0.4, -0.2) is 35.0 Å². The van der Waals surface area contributed by atoms with Gasteiger partial charge in [-0.1, -0.05) is 25.5 Å². The van der Waals surface area contributed by atoms with Gasteiger partial charge in [0.25, 0.3) is 0 Å². The smallest absolute Gasteiger partial charge is 0.382 e. The van der Waals surface area contributed by atoms with E-state index in [2.05, 4.69) is 28.8 Å². The van der Waals surface area contributed by atoms with E-state index in [9.17, 15) is 17.6 Å². The lowest BCUT2D eigenvalue weighted by Crippen LogP contribution is -2.31. The van der Waals surface area contributed by atoms with Gasteiger partial charge in [-0.15, -0.1) is 0 Å². The van der Waals surface area contributed by atoms with Crippen LogP contribution in [0, 0.1) is 11.7 Å². The summed E-state index contributed by atoms with van der Waals surface area (Å²) in [6.07, 6.45) is 0.310. The maximum Gasteiger partial charge on any atom is 0.434 e. The summed E-state index contributed by atoms with van der Waals surface area (Å²) in [6, 6.07) is 5.34. The van der Waals surface area contributed by atoms with Crippen LogP contribution in [0.4, 0.5) is 23.4 Å². The number of aromatic nitrogens is 2. The zero-order chi connectivity index (χ0) is 20.7. The third kappa shape index (κ3) is 6.74. The number of likely N-dealkylation sites (tertiary alicyclic amines) is 1. The summed E-state index contributed by atoms with van der Waals surface area (Å²) in [4.78, 5) is 9.38. The lowest BCUT2D eigenvalue weighted by Gasteiger charge is -2.28. The average molecular weight is 398 g/mol. The Balaban J connectivity index is 0.000000261. The molecule has 4 nitrogen and oxygen atoms in total. The van der Waals surface area contributed by atoms with Crippen molar-refractivity contribution in [1.29, 1.82) is 0 Å². The van der Waals surface area contributed by atoms with E-state index < -0.39 is 17.7 Å². The second-order valence-electron chi connectivity index (χ2n) is 7.07. The number of nitrogen functional groups attached to an aromatic ring is 1. The minimum Gasteiger partial charge on any atom is -0.382 e. The Morgan fingerprint density at radius 3 is 2.43 bits per heavy atom. The molecule has 2 aromatic rings. The predicted octanol–water partition coefficient (Wildman–Crippen LogP) is 4.55. The lowest BCUT2D eigenvalue weighted by molar-refractivity contribution is -0.141. The molecule has 1 saturated heterocycles. The molecule has 8 heteroatoms. The Hall–Kier alpha value is -2.22. The first-order chi connectivity index (χ1) is 13.2. The van der Waals surface area contributed by atoms with Crippen molar-refractivity contribution in [2.75, 3.05) is 25.9 Å². The Bertz CT molecular complexity index is 747. The Labute approximate surface area is 162 Å². The van der Waals surface area contributed by atoms with Crippen LogP contribution >= 0.6 is 0 Å². The van der Waals surface area contributed by atoms with E-state index in [-0.39, 0.29) is 17.9 Å². The van der Waals surface area contributed by atoms with Gasteiger partial charge >= 0.3 is 6.18 Å². The summed E-state index contributed by atoms with van der Waals surface area (Å²) in [5, 5.41) is 0. The summed E-state index contributed by atoms with van der Waals surface area (Å²) in [7, 11) is 2.22. The Kier molecular flexibility index (Phi) is 7.74. The van der Waals surface area contributed by atoms with Crippen LogP contribution in [0.5, 0.6) is 0 Å². The van der Waals surface area contributed by atoms with Crippen LogP contribution in [0.1, 0.15) is 43.1 Å². The summed E-state index contributed by atoms with van der Waals surface area (Å²) in [5.41, 5.74) is 5.01. The lowest BCUT2D eigenvalue weighted by atomic mass is 9.96. The molecule has 3 rings (SSSR count). The summed E-state index contributed by atoms with van der Waals surface area (Å²) in [6.45, 7) is 4.94. The van der Waals surface area contributed by atoms with E-state index in [1.807, 2.05) is 0 Å². The number of alkyl halides is 3. The van der Waals surface area contributed by atoms with Crippen molar-refractivity contribution in [3.05, 3.63) is 53.2 Å². The fraction of sp³-hybridized carbons (Fsp3) is 0.500. The van der Waals surface area contributed by atoms with Crippen molar-refractivity contribution in [3.8, 4) is 0 Å². The van der Waals surface area contributed by atoms with Crippen LogP contribution in [0.3, 0.4) is 0 Å². The number of hydrogen-bond acceptors (Lipinski definition) is 4. The van der Waals surface area contributed by atoms with Gasteiger partial charge in [0.15, 0.2) is 5.69 Å². The molecule has 0 aliphatic carbocycles. The van der Waals surface area contributed by atoms with Crippen LogP contribution in [0.2, 0.25) is 0 Å². The monoisotopic (exact) mass is 398 g/mol. The molecule has 0 bridgehead atoms. The maximum atomic E-state index is 12.7. The Morgan fingerprint density at radius 2 is 1.89 bits per heavy atom. The number of halogens is 4. The van der Waals surface area contributed by atoms with E-state index in [0.717, 1.165) is 5.92 Å². The molecular formula is C20H26F4N4. The number of piperidine rings is 1. The second-order valence-corrected chi connectivity index (χ2v) is 7.07. The fourth-order valence-corrected chi connectivity index (χ4v) is 3.11. The number of anilines is 1. The third-order valence-electron chi connectivity index (χ3n) is 4.75. The number of rotatable bonds is 3. The number of hydrogen-bond donors (Lipinski definition) is 1. The van der Waals surface area contributed by atoms with Gasteiger partial charge in [0.1, 0.15) is 11.6 Å². The minimum absolute atomic E-state index is 0.0152. The Morgan fingerprint density at radius 1 is 1.21 bits per heavy atom. The zero-order valence-corrected chi connectivity index (χ0v) is 16.1. The van der Waals surface area contributed by atoms with Crippen molar-refractivity contribution >= 4 is 5.82 Å². The van der Waals surface area contributed by atoms with Crippen molar-refractivity contribution in [3.63, 3.8) is 0 Å². The molecule has 0 saturated carbocycles. The van der Waals surface area contributed by atoms with Gasteiger partial charge in [-0.2, -0.15) is 13.2 Å². The maximum absolute atomic E-state index is 12.7. The quantitative estimate of drug-likeness (QED) is 0.771. The molecule has 0 amide bonds. The van der Waals surface area contributed by atoms with Gasteiger partial charge in [0.05, 0.1) is 11.9 Å². The molecule has 1 atom stereocenters. The van der Waals surface area contributed by atoms with E-state index in [1.54, 1.807) is 0 Å². The molecule has 1 aromatic heterocycles. The molecule has 1 fully saturated rings. The third-order valence-corrected chi connectivity index (χ3v) is 4.75. The normalized spacial score (nSPS) is 17.7.